The molecule has 3 heterocycles. The maximum absolute atomic E-state index is 12.4. The van der Waals surface area contributed by atoms with Gasteiger partial charge in [0.2, 0.25) is 0 Å². The average Bonchev–Trinajstić information content (AvgIpc) is 3.32. The molecule has 7 heteroatoms. The lowest BCUT2D eigenvalue weighted by Crippen LogP contribution is -2.38. The summed E-state index contributed by atoms with van der Waals surface area (Å²) < 4.78 is 5.29. The second-order valence-electron chi connectivity index (χ2n) is 6.31. The number of ether oxygens (including phenoxy) is 1. The van der Waals surface area contributed by atoms with E-state index in [0.29, 0.717) is 23.7 Å². The zero-order valence-corrected chi connectivity index (χ0v) is 16.4. The Morgan fingerprint density at radius 2 is 2.04 bits per heavy atom. The van der Waals surface area contributed by atoms with E-state index in [2.05, 4.69) is 16.4 Å². The van der Waals surface area contributed by atoms with Crippen molar-refractivity contribution in [3.63, 3.8) is 0 Å². The monoisotopic (exact) mass is 398 g/mol. The summed E-state index contributed by atoms with van der Waals surface area (Å²) in [6, 6.07) is 11.8. The smallest absolute Gasteiger partial charge is 0.350 e. The van der Waals surface area contributed by atoms with Crippen LogP contribution in [0.15, 0.2) is 41.8 Å². The summed E-state index contributed by atoms with van der Waals surface area (Å²) in [5, 5.41) is 2.82. The summed E-state index contributed by atoms with van der Waals surface area (Å²) in [6.45, 7) is 2.80. The quantitative estimate of drug-likeness (QED) is 0.625. The Kier molecular flexibility index (Phi) is 5.05. The lowest BCUT2D eigenvalue weighted by molar-refractivity contribution is -0.135. The van der Waals surface area contributed by atoms with Crippen molar-refractivity contribution in [3.05, 3.63) is 62.8 Å². The SMILES string of the molecule is Cc1nc(-c2ccccc2)sc1C(=O)OCC(=O)N1CCc2sccc2C1. The number of amides is 1. The molecule has 0 atom stereocenters. The number of thiazole rings is 1. The Labute approximate surface area is 165 Å². The lowest BCUT2D eigenvalue weighted by Gasteiger charge is -2.26. The van der Waals surface area contributed by atoms with Crippen LogP contribution < -0.4 is 0 Å². The molecule has 0 saturated heterocycles. The third-order valence-corrected chi connectivity index (χ3v) is 6.70. The second kappa shape index (κ2) is 7.62. The minimum absolute atomic E-state index is 0.161. The van der Waals surface area contributed by atoms with Crippen LogP contribution in [0.25, 0.3) is 10.6 Å². The van der Waals surface area contributed by atoms with E-state index in [1.54, 1.807) is 23.2 Å². The number of thiophene rings is 1. The molecular formula is C20H18N2O3S2. The van der Waals surface area contributed by atoms with Gasteiger partial charge < -0.3 is 9.64 Å². The molecule has 27 heavy (non-hydrogen) atoms. The van der Waals surface area contributed by atoms with E-state index in [1.807, 2.05) is 30.3 Å². The second-order valence-corrected chi connectivity index (χ2v) is 8.31. The molecule has 1 aliphatic heterocycles. The predicted octanol–water partition coefficient (Wildman–Crippen LogP) is 3.92. The number of carbonyl (C=O) groups is 2. The van der Waals surface area contributed by atoms with Gasteiger partial charge in [-0.3, -0.25) is 4.79 Å². The maximum atomic E-state index is 12.4. The third kappa shape index (κ3) is 3.79. The van der Waals surface area contributed by atoms with Crippen molar-refractivity contribution < 1.29 is 14.3 Å². The highest BCUT2D eigenvalue weighted by atomic mass is 32.1. The Morgan fingerprint density at radius 3 is 2.85 bits per heavy atom. The number of nitrogens with zero attached hydrogens (tertiary/aromatic N) is 2. The van der Waals surface area contributed by atoms with Gasteiger partial charge in [-0.25, -0.2) is 9.78 Å². The van der Waals surface area contributed by atoms with Crippen LogP contribution in [-0.2, 0) is 22.5 Å². The van der Waals surface area contributed by atoms with Gasteiger partial charge in [0.1, 0.15) is 9.88 Å². The molecule has 0 bridgehead atoms. The van der Waals surface area contributed by atoms with Crippen LogP contribution in [0.5, 0.6) is 0 Å². The number of esters is 1. The van der Waals surface area contributed by atoms with Gasteiger partial charge in [-0.05, 0) is 30.4 Å². The largest absolute Gasteiger partial charge is 0.451 e. The molecule has 138 valence electrons. The molecule has 0 saturated carbocycles. The first-order chi connectivity index (χ1) is 13.1. The average molecular weight is 399 g/mol. The number of benzene rings is 1. The molecule has 0 spiro atoms. The molecule has 0 fully saturated rings. The van der Waals surface area contributed by atoms with Crippen LogP contribution >= 0.6 is 22.7 Å². The topological polar surface area (TPSA) is 59.5 Å². The van der Waals surface area contributed by atoms with Crippen LogP contribution in [0, 0.1) is 6.92 Å². The van der Waals surface area contributed by atoms with Crippen LogP contribution in [-0.4, -0.2) is 34.9 Å². The van der Waals surface area contributed by atoms with Crippen LogP contribution in [0.3, 0.4) is 0 Å². The Bertz CT molecular complexity index is 978. The molecule has 4 rings (SSSR count). The molecule has 3 aromatic rings. The standard InChI is InChI=1S/C20H18N2O3S2/c1-13-18(27-19(21-13)14-5-3-2-4-6-14)20(24)25-12-17(23)22-9-7-16-15(11-22)8-10-26-16/h2-6,8,10H,7,9,11-12H2,1H3. The van der Waals surface area contributed by atoms with Gasteiger partial charge in [0.15, 0.2) is 6.61 Å². The fraction of sp³-hybridized carbons (Fsp3) is 0.250. The molecule has 1 aliphatic rings. The third-order valence-electron chi connectivity index (χ3n) is 4.49. The highest BCUT2D eigenvalue weighted by Crippen LogP contribution is 2.28. The zero-order valence-electron chi connectivity index (χ0n) is 14.8. The summed E-state index contributed by atoms with van der Waals surface area (Å²) in [6.07, 6.45) is 0.862. The summed E-state index contributed by atoms with van der Waals surface area (Å²) in [7, 11) is 0. The molecule has 0 N–H and O–H groups in total. The number of fused-ring (bicyclic) bond motifs is 1. The number of hydrogen-bond acceptors (Lipinski definition) is 6. The summed E-state index contributed by atoms with van der Waals surface area (Å²) in [5.41, 5.74) is 2.77. The number of aryl methyl sites for hydroxylation is 1. The van der Waals surface area contributed by atoms with E-state index in [0.717, 1.165) is 17.0 Å². The molecule has 1 amide bonds. The van der Waals surface area contributed by atoms with Crippen molar-refractivity contribution >= 4 is 34.6 Å². The minimum atomic E-state index is -0.492. The number of rotatable bonds is 4. The lowest BCUT2D eigenvalue weighted by atomic mass is 10.1. The van der Waals surface area contributed by atoms with E-state index in [1.165, 1.54) is 21.8 Å². The fourth-order valence-electron chi connectivity index (χ4n) is 3.04. The molecule has 5 nitrogen and oxygen atoms in total. The predicted molar refractivity (Wildman–Crippen MR) is 106 cm³/mol. The van der Waals surface area contributed by atoms with Gasteiger partial charge in [-0.1, -0.05) is 30.3 Å². The van der Waals surface area contributed by atoms with E-state index in [4.69, 9.17) is 4.74 Å². The van der Waals surface area contributed by atoms with Crippen molar-refractivity contribution in [1.29, 1.82) is 0 Å². The van der Waals surface area contributed by atoms with Crippen LogP contribution in [0.2, 0.25) is 0 Å². The van der Waals surface area contributed by atoms with Gasteiger partial charge in [-0.2, -0.15) is 0 Å². The van der Waals surface area contributed by atoms with Gasteiger partial charge in [0.25, 0.3) is 5.91 Å². The highest BCUT2D eigenvalue weighted by Gasteiger charge is 2.24. The van der Waals surface area contributed by atoms with Crippen LogP contribution in [0.4, 0.5) is 0 Å². The van der Waals surface area contributed by atoms with Crippen molar-refractivity contribution in [3.8, 4) is 10.6 Å². The molecule has 1 aromatic carbocycles. The first-order valence-corrected chi connectivity index (χ1v) is 10.3. The van der Waals surface area contributed by atoms with Gasteiger partial charge in [0.05, 0.1) is 5.69 Å². The minimum Gasteiger partial charge on any atom is -0.451 e. The number of hydrogen-bond donors (Lipinski definition) is 0. The molecule has 0 radical (unpaired) electrons. The normalized spacial score (nSPS) is 13.3. The van der Waals surface area contributed by atoms with Crippen molar-refractivity contribution in [2.45, 2.75) is 19.9 Å². The number of carbonyl (C=O) groups excluding carboxylic acids is 2. The van der Waals surface area contributed by atoms with Gasteiger partial charge in [-0.15, -0.1) is 22.7 Å². The van der Waals surface area contributed by atoms with Crippen LogP contribution in [0.1, 0.15) is 25.8 Å². The van der Waals surface area contributed by atoms with E-state index >= 15 is 0 Å². The Morgan fingerprint density at radius 1 is 1.22 bits per heavy atom. The van der Waals surface area contributed by atoms with Crippen molar-refractivity contribution in [2.75, 3.05) is 13.2 Å². The summed E-state index contributed by atoms with van der Waals surface area (Å²) in [4.78, 5) is 32.8. The van der Waals surface area contributed by atoms with Crippen molar-refractivity contribution in [2.24, 2.45) is 0 Å². The summed E-state index contributed by atoms with van der Waals surface area (Å²) >= 11 is 3.02. The fourth-order valence-corrected chi connectivity index (χ4v) is 4.89. The molecular weight excluding hydrogens is 380 g/mol. The molecule has 0 aliphatic carbocycles. The van der Waals surface area contributed by atoms with Crippen molar-refractivity contribution in [1.82, 2.24) is 9.88 Å². The van der Waals surface area contributed by atoms with E-state index < -0.39 is 5.97 Å². The molecule has 2 aromatic heterocycles. The Balaban J connectivity index is 1.38. The van der Waals surface area contributed by atoms with Gasteiger partial charge in [0, 0.05) is 23.5 Å². The van der Waals surface area contributed by atoms with E-state index in [9.17, 15) is 9.59 Å². The highest BCUT2D eigenvalue weighted by molar-refractivity contribution is 7.17. The van der Waals surface area contributed by atoms with Gasteiger partial charge >= 0.3 is 5.97 Å². The maximum Gasteiger partial charge on any atom is 0.350 e. The Hall–Kier alpha value is -2.51. The molecule has 0 unspecified atom stereocenters. The number of aromatic nitrogens is 1. The first-order valence-electron chi connectivity index (χ1n) is 8.65. The summed E-state index contributed by atoms with van der Waals surface area (Å²) in [5.74, 6) is -0.653. The first kappa shape index (κ1) is 17.9. The van der Waals surface area contributed by atoms with E-state index in [-0.39, 0.29) is 12.5 Å². The zero-order chi connectivity index (χ0) is 18.8.